The van der Waals surface area contributed by atoms with Gasteiger partial charge in [-0.05, 0) is 62.6 Å². The molecule has 1 aromatic carbocycles. The first-order valence-corrected chi connectivity index (χ1v) is 6.87. The quantitative estimate of drug-likeness (QED) is 0.695. The highest BCUT2D eigenvalue weighted by Gasteiger charge is 2.10. The molecular weight excluding hydrogens is 274 g/mol. The molecule has 0 fully saturated rings. The highest BCUT2D eigenvalue weighted by atomic mass is 32.1. The van der Waals surface area contributed by atoms with Crippen molar-refractivity contribution in [3.8, 4) is 0 Å². The van der Waals surface area contributed by atoms with E-state index in [9.17, 15) is 0 Å². The van der Waals surface area contributed by atoms with Gasteiger partial charge in [-0.2, -0.15) is 0 Å². The Bertz CT molecular complexity index is 668. The lowest BCUT2D eigenvalue weighted by Gasteiger charge is -2.23. The highest BCUT2D eigenvalue weighted by molar-refractivity contribution is 7.80. The second-order valence-corrected chi connectivity index (χ2v) is 6.30. The van der Waals surface area contributed by atoms with Crippen LogP contribution in [0, 0.1) is 4.64 Å². The van der Waals surface area contributed by atoms with E-state index in [4.69, 9.17) is 24.4 Å². The van der Waals surface area contributed by atoms with E-state index in [-0.39, 0.29) is 5.54 Å². The summed E-state index contributed by atoms with van der Waals surface area (Å²) >= 11 is 10.4. The predicted octanol–water partition coefficient (Wildman–Crippen LogP) is 3.98. The van der Waals surface area contributed by atoms with Crippen molar-refractivity contribution in [2.45, 2.75) is 26.3 Å². The van der Waals surface area contributed by atoms with Crippen molar-refractivity contribution in [1.29, 1.82) is 0 Å². The van der Waals surface area contributed by atoms with E-state index in [2.05, 4.69) is 36.4 Å². The van der Waals surface area contributed by atoms with Gasteiger partial charge in [0.05, 0.1) is 0 Å². The van der Waals surface area contributed by atoms with Gasteiger partial charge in [-0.1, -0.05) is 18.3 Å². The lowest BCUT2D eigenvalue weighted by atomic mass is 10.1. The van der Waals surface area contributed by atoms with Gasteiger partial charge in [-0.25, -0.2) is 0 Å². The van der Waals surface area contributed by atoms with Gasteiger partial charge >= 0.3 is 0 Å². The summed E-state index contributed by atoms with van der Waals surface area (Å²) in [6.45, 7) is 6.20. The van der Waals surface area contributed by atoms with Crippen LogP contribution in [-0.2, 0) is 0 Å². The van der Waals surface area contributed by atoms with Crippen molar-refractivity contribution >= 4 is 46.1 Å². The first-order chi connectivity index (χ1) is 8.83. The standard InChI is InChI=1S/C14H17N3S2/c1-14(2,3)17-13(19)15-10-6-4-9-5-7-12(18)16-11(9)8-10/h4-8H,1-3H3,(H,16,18)(H2,15,17,19). The van der Waals surface area contributed by atoms with Gasteiger partial charge in [-0.15, -0.1) is 0 Å². The number of pyridine rings is 1. The van der Waals surface area contributed by atoms with Gasteiger partial charge < -0.3 is 15.6 Å². The normalized spacial score (nSPS) is 11.3. The van der Waals surface area contributed by atoms with Crippen LogP contribution in [0.4, 0.5) is 5.69 Å². The summed E-state index contributed by atoms with van der Waals surface area (Å²) in [5.74, 6) is 0. The number of hydrogen-bond donors (Lipinski definition) is 3. The van der Waals surface area contributed by atoms with Crippen LogP contribution in [-0.4, -0.2) is 15.6 Å². The zero-order valence-electron chi connectivity index (χ0n) is 11.2. The van der Waals surface area contributed by atoms with Crippen LogP contribution in [0.3, 0.4) is 0 Å². The number of H-pyrrole nitrogens is 1. The lowest BCUT2D eigenvalue weighted by molar-refractivity contribution is 0.515. The molecule has 3 N–H and O–H groups in total. The van der Waals surface area contributed by atoms with Crippen LogP contribution in [0.5, 0.6) is 0 Å². The van der Waals surface area contributed by atoms with Crippen LogP contribution < -0.4 is 10.6 Å². The van der Waals surface area contributed by atoms with Gasteiger partial charge in [0.2, 0.25) is 0 Å². The number of anilines is 1. The smallest absolute Gasteiger partial charge is 0.171 e. The molecule has 0 spiro atoms. The second kappa shape index (κ2) is 5.27. The molecule has 1 heterocycles. The fourth-order valence-corrected chi connectivity index (χ4v) is 2.33. The summed E-state index contributed by atoms with van der Waals surface area (Å²) in [5.41, 5.74) is 1.88. The second-order valence-electron chi connectivity index (χ2n) is 5.45. The number of aromatic amines is 1. The molecule has 0 saturated carbocycles. The molecule has 0 radical (unpaired) electrons. The molecule has 19 heavy (non-hydrogen) atoms. The van der Waals surface area contributed by atoms with Crippen molar-refractivity contribution in [1.82, 2.24) is 10.3 Å². The SMILES string of the molecule is CC(C)(C)NC(=S)Nc1ccc2ccc(=S)[nH]c2c1. The molecule has 100 valence electrons. The molecule has 2 aromatic rings. The van der Waals surface area contributed by atoms with Crippen LogP contribution in [0.2, 0.25) is 0 Å². The number of fused-ring (bicyclic) bond motifs is 1. The van der Waals surface area contributed by atoms with E-state index in [0.717, 1.165) is 21.2 Å². The number of hydrogen-bond acceptors (Lipinski definition) is 2. The molecule has 0 aliphatic heterocycles. The zero-order chi connectivity index (χ0) is 14.0. The maximum Gasteiger partial charge on any atom is 0.171 e. The summed E-state index contributed by atoms with van der Waals surface area (Å²) in [5, 5.41) is 8.12. The number of rotatable bonds is 1. The number of thiocarbonyl (C=S) groups is 1. The molecule has 0 atom stereocenters. The maximum atomic E-state index is 5.28. The molecule has 0 saturated heterocycles. The Balaban J connectivity index is 2.22. The fraction of sp³-hybridized carbons (Fsp3) is 0.286. The average molecular weight is 291 g/mol. The van der Waals surface area contributed by atoms with Crippen LogP contribution in [0.1, 0.15) is 20.8 Å². The van der Waals surface area contributed by atoms with Crippen LogP contribution >= 0.6 is 24.4 Å². The van der Waals surface area contributed by atoms with E-state index in [1.807, 2.05) is 30.3 Å². The molecule has 2 rings (SSSR count). The summed E-state index contributed by atoms with van der Waals surface area (Å²) in [6.07, 6.45) is 0. The van der Waals surface area contributed by atoms with Crippen LogP contribution in [0.25, 0.3) is 10.9 Å². The van der Waals surface area contributed by atoms with E-state index in [0.29, 0.717) is 5.11 Å². The average Bonchev–Trinajstić information content (AvgIpc) is 2.25. The summed E-state index contributed by atoms with van der Waals surface area (Å²) < 4.78 is 0.722. The third-order valence-electron chi connectivity index (χ3n) is 2.47. The molecular formula is C14H17N3S2. The van der Waals surface area contributed by atoms with Crippen molar-refractivity contribution in [3.05, 3.63) is 35.0 Å². The van der Waals surface area contributed by atoms with Crippen LogP contribution in [0.15, 0.2) is 30.3 Å². The van der Waals surface area contributed by atoms with Crippen molar-refractivity contribution < 1.29 is 0 Å². The maximum absolute atomic E-state index is 5.28. The number of nitrogens with one attached hydrogen (secondary N) is 3. The van der Waals surface area contributed by atoms with E-state index >= 15 is 0 Å². The molecule has 1 aromatic heterocycles. The molecule has 0 unspecified atom stereocenters. The topological polar surface area (TPSA) is 39.8 Å². The van der Waals surface area contributed by atoms with Crippen molar-refractivity contribution in [2.24, 2.45) is 0 Å². The largest absolute Gasteiger partial charge is 0.358 e. The third-order valence-corrected chi connectivity index (χ3v) is 2.91. The number of aromatic nitrogens is 1. The summed E-state index contributed by atoms with van der Waals surface area (Å²) in [4.78, 5) is 3.16. The summed E-state index contributed by atoms with van der Waals surface area (Å²) in [7, 11) is 0. The third kappa shape index (κ3) is 4.01. The van der Waals surface area contributed by atoms with Crippen molar-refractivity contribution in [3.63, 3.8) is 0 Å². The Labute approximate surface area is 123 Å². The Morgan fingerprint density at radius 1 is 1.16 bits per heavy atom. The zero-order valence-corrected chi connectivity index (χ0v) is 12.8. The van der Waals surface area contributed by atoms with Gasteiger partial charge in [0.15, 0.2) is 5.11 Å². The number of benzene rings is 1. The lowest BCUT2D eigenvalue weighted by Crippen LogP contribution is -2.42. The van der Waals surface area contributed by atoms with Gasteiger partial charge in [0.25, 0.3) is 0 Å². The van der Waals surface area contributed by atoms with E-state index in [1.54, 1.807) is 0 Å². The Morgan fingerprint density at radius 3 is 2.53 bits per heavy atom. The fourth-order valence-electron chi connectivity index (χ4n) is 1.73. The van der Waals surface area contributed by atoms with Gasteiger partial charge in [0, 0.05) is 16.7 Å². The van der Waals surface area contributed by atoms with Crippen molar-refractivity contribution in [2.75, 3.05) is 5.32 Å². The predicted molar refractivity (Wildman–Crippen MR) is 88.2 cm³/mol. The minimum Gasteiger partial charge on any atom is -0.358 e. The molecule has 0 aliphatic carbocycles. The first kappa shape index (κ1) is 14.0. The Morgan fingerprint density at radius 2 is 1.84 bits per heavy atom. The van der Waals surface area contributed by atoms with Gasteiger partial charge in [0.1, 0.15) is 4.64 Å². The molecule has 3 nitrogen and oxygen atoms in total. The molecule has 0 amide bonds. The monoisotopic (exact) mass is 291 g/mol. The Kier molecular flexibility index (Phi) is 3.87. The minimum absolute atomic E-state index is 0.0547. The molecule has 5 heteroatoms. The molecule has 0 bridgehead atoms. The van der Waals surface area contributed by atoms with Gasteiger partial charge in [-0.3, -0.25) is 0 Å². The molecule has 0 aliphatic rings. The highest BCUT2D eigenvalue weighted by Crippen LogP contribution is 2.17. The Hall–Kier alpha value is -1.46. The summed E-state index contributed by atoms with van der Waals surface area (Å²) in [6, 6.07) is 9.92. The van der Waals surface area contributed by atoms with E-state index in [1.165, 1.54) is 0 Å². The van der Waals surface area contributed by atoms with E-state index < -0.39 is 0 Å². The minimum atomic E-state index is -0.0547. The first-order valence-electron chi connectivity index (χ1n) is 6.06.